The van der Waals surface area contributed by atoms with Crippen molar-refractivity contribution in [2.45, 2.75) is 4.90 Å². The molecule has 0 fully saturated rings. The van der Waals surface area contributed by atoms with E-state index in [2.05, 4.69) is 36.6 Å². The summed E-state index contributed by atoms with van der Waals surface area (Å²) >= 11 is 6.41. The number of rotatable bonds is 5. The maximum Gasteiger partial charge on any atom is 0.241 e. The second-order valence-electron chi connectivity index (χ2n) is 3.25. The Morgan fingerprint density at radius 3 is 2.59 bits per heavy atom. The van der Waals surface area contributed by atoms with Crippen molar-refractivity contribution >= 4 is 52.7 Å². The van der Waals surface area contributed by atoms with Crippen molar-refractivity contribution in [1.29, 1.82) is 0 Å². The summed E-state index contributed by atoms with van der Waals surface area (Å²) in [5.74, 6) is 0.296. The molecule has 0 aliphatic rings. The first-order valence-electron chi connectivity index (χ1n) is 4.57. The minimum Gasteiger partial charge on any atom is -0.260 e. The molecule has 0 aliphatic heterocycles. The van der Waals surface area contributed by atoms with E-state index in [1.54, 1.807) is 12.1 Å². The van der Waals surface area contributed by atoms with Crippen LogP contribution in [0.25, 0.3) is 0 Å². The van der Waals surface area contributed by atoms with E-state index in [-0.39, 0.29) is 11.4 Å². The van der Waals surface area contributed by atoms with Crippen LogP contribution >= 0.6 is 31.9 Å². The highest BCUT2D eigenvalue weighted by Gasteiger charge is 2.17. The van der Waals surface area contributed by atoms with Crippen molar-refractivity contribution in [1.82, 2.24) is 4.72 Å². The van der Waals surface area contributed by atoms with Gasteiger partial charge >= 0.3 is 0 Å². The number of hydrogen-bond donors (Lipinski definition) is 1. The van der Waals surface area contributed by atoms with Crippen LogP contribution in [0.5, 0.6) is 0 Å². The van der Waals surface area contributed by atoms with Gasteiger partial charge in [-0.15, -0.1) is 0 Å². The predicted octanol–water partition coefficient (Wildman–Crippen LogP) is 1.87. The molecule has 0 aliphatic carbocycles. The molecule has 0 amide bonds. The molecule has 4 nitrogen and oxygen atoms in total. The van der Waals surface area contributed by atoms with Gasteiger partial charge in [-0.1, -0.05) is 15.9 Å². The minimum absolute atomic E-state index is 0.157. The van der Waals surface area contributed by atoms with Gasteiger partial charge in [0.15, 0.2) is 0 Å². The highest BCUT2D eigenvalue weighted by Crippen LogP contribution is 2.25. The van der Waals surface area contributed by atoms with Gasteiger partial charge in [0, 0.05) is 38.3 Å². The smallest absolute Gasteiger partial charge is 0.241 e. The van der Waals surface area contributed by atoms with E-state index >= 15 is 0 Å². The summed E-state index contributed by atoms with van der Waals surface area (Å²) in [6.07, 6.45) is 1.53. The topological polar surface area (TPSA) is 63.2 Å². The number of nitrogens with one attached hydrogen (secondary N) is 1. The Labute approximate surface area is 120 Å². The van der Waals surface area contributed by atoms with Crippen molar-refractivity contribution < 1.29 is 12.6 Å². The van der Waals surface area contributed by atoms with E-state index in [0.717, 1.165) is 0 Å². The van der Waals surface area contributed by atoms with Crippen molar-refractivity contribution in [3.63, 3.8) is 0 Å². The monoisotopic (exact) mass is 403 g/mol. The Balaban J connectivity index is 2.89. The molecule has 0 saturated heterocycles. The normalized spacial score (nSPS) is 13.6. The lowest BCUT2D eigenvalue weighted by Crippen LogP contribution is -2.28. The number of benzene rings is 1. The Morgan fingerprint density at radius 2 is 2.00 bits per heavy atom. The van der Waals surface area contributed by atoms with E-state index in [1.807, 2.05) is 0 Å². The molecule has 1 rings (SSSR count). The zero-order valence-electron chi connectivity index (χ0n) is 8.94. The Hall–Kier alpha value is 0.240. The summed E-state index contributed by atoms with van der Waals surface area (Å²) in [4.78, 5) is 0.161. The van der Waals surface area contributed by atoms with Gasteiger partial charge in [0.2, 0.25) is 10.0 Å². The molecular weight excluding hydrogens is 394 g/mol. The fraction of sp³-hybridized carbons (Fsp3) is 0.333. The maximum absolute atomic E-state index is 11.9. The summed E-state index contributed by atoms with van der Waals surface area (Å²) in [6.45, 7) is 0.157. The summed E-state index contributed by atoms with van der Waals surface area (Å²) in [7, 11) is -4.58. The van der Waals surface area contributed by atoms with Crippen LogP contribution in [-0.2, 0) is 20.8 Å². The van der Waals surface area contributed by atoms with Crippen molar-refractivity contribution in [2.24, 2.45) is 0 Å². The van der Waals surface area contributed by atoms with E-state index in [0.29, 0.717) is 14.7 Å². The molecule has 0 saturated carbocycles. The van der Waals surface area contributed by atoms with E-state index in [4.69, 9.17) is 0 Å². The van der Waals surface area contributed by atoms with Crippen LogP contribution in [-0.4, -0.2) is 31.2 Å². The lowest BCUT2D eigenvalue weighted by Gasteiger charge is -2.08. The van der Waals surface area contributed by atoms with Gasteiger partial charge in [-0.25, -0.2) is 13.1 Å². The lowest BCUT2D eigenvalue weighted by atomic mass is 10.4. The van der Waals surface area contributed by atoms with Crippen LogP contribution < -0.4 is 4.72 Å². The summed E-state index contributed by atoms with van der Waals surface area (Å²) in [6, 6.07) is 4.90. The molecule has 0 aromatic heterocycles. The Morgan fingerprint density at radius 1 is 1.35 bits per heavy atom. The highest BCUT2D eigenvalue weighted by molar-refractivity contribution is 9.11. The van der Waals surface area contributed by atoms with Gasteiger partial charge in [-0.2, -0.15) is 0 Å². The number of sulfonamides is 1. The van der Waals surface area contributed by atoms with Crippen LogP contribution in [0, 0.1) is 0 Å². The predicted molar refractivity (Wildman–Crippen MR) is 76.0 cm³/mol. The molecule has 0 spiro atoms. The third kappa shape index (κ3) is 4.78. The van der Waals surface area contributed by atoms with Crippen molar-refractivity contribution in [3.05, 3.63) is 27.1 Å². The Bertz CT molecular complexity index is 531. The largest absolute Gasteiger partial charge is 0.260 e. The minimum atomic E-state index is -3.57. The van der Waals surface area contributed by atoms with Gasteiger partial charge in [0.1, 0.15) is 0 Å². The third-order valence-corrected chi connectivity index (χ3v) is 5.59. The quantitative estimate of drug-likeness (QED) is 0.814. The molecule has 1 aromatic carbocycles. The molecule has 0 heterocycles. The molecule has 17 heavy (non-hydrogen) atoms. The summed E-state index contributed by atoms with van der Waals surface area (Å²) in [5.41, 5.74) is 0. The SMILES string of the molecule is CS(=O)CCNS(=O)(=O)c1cc(Br)ccc1Br. The van der Waals surface area contributed by atoms with Crippen LogP contribution in [0.1, 0.15) is 0 Å². The molecular formula is C9H11Br2NO3S2. The highest BCUT2D eigenvalue weighted by atomic mass is 79.9. The van der Waals surface area contributed by atoms with Crippen LogP contribution in [0.15, 0.2) is 32.0 Å². The maximum atomic E-state index is 11.9. The van der Waals surface area contributed by atoms with E-state index in [9.17, 15) is 12.6 Å². The molecule has 8 heteroatoms. The van der Waals surface area contributed by atoms with E-state index in [1.165, 1.54) is 12.3 Å². The second kappa shape index (κ2) is 6.42. The van der Waals surface area contributed by atoms with Gasteiger partial charge in [-0.3, -0.25) is 4.21 Å². The number of hydrogen-bond acceptors (Lipinski definition) is 3. The number of halogens is 2. The molecule has 0 bridgehead atoms. The second-order valence-corrected chi connectivity index (χ2v) is 8.31. The fourth-order valence-corrected chi connectivity index (χ4v) is 4.13. The zero-order chi connectivity index (χ0) is 13.1. The first kappa shape index (κ1) is 15.3. The Kier molecular flexibility index (Phi) is 5.78. The molecule has 1 unspecified atom stereocenters. The van der Waals surface area contributed by atoms with E-state index < -0.39 is 20.8 Å². The third-order valence-electron chi connectivity index (χ3n) is 1.86. The molecule has 0 radical (unpaired) electrons. The van der Waals surface area contributed by atoms with Gasteiger partial charge in [0.05, 0.1) is 4.90 Å². The van der Waals surface area contributed by atoms with Crippen LogP contribution in [0.2, 0.25) is 0 Å². The van der Waals surface area contributed by atoms with Crippen molar-refractivity contribution in [2.75, 3.05) is 18.6 Å². The van der Waals surface area contributed by atoms with Crippen molar-refractivity contribution in [3.8, 4) is 0 Å². The average molecular weight is 405 g/mol. The van der Waals surface area contributed by atoms with Gasteiger partial charge < -0.3 is 0 Å². The van der Waals surface area contributed by atoms with Gasteiger partial charge in [-0.05, 0) is 34.1 Å². The molecule has 1 N–H and O–H groups in total. The molecule has 1 aromatic rings. The van der Waals surface area contributed by atoms with Gasteiger partial charge in [0.25, 0.3) is 0 Å². The van der Waals surface area contributed by atoms with Crippen LogP contribution in [0.4, 0.5) is 0 Å². The zero-order valence-corrected chi connectivity index (χ0v) is 13.7. The fourth-order valence-electron chi connectivity index (χ4n) is 1.08. The standard InChI is InChI=1S/C9H11Br2NO3S2/c1-16(13)5-4-12-17(14,15)9-6-7(10)2-3-8(9)11/h2-3,6,12H,4-5H2,1H3. The van der Waals surface area contributed by atoms with Crippen LogP contribution in [0.3, 0.4) is 0 Å². The first-order valence-corrected chi connectivity index (χ1v) is 9.37. The summed E-state index contributed by atoms with van der Waals surface area (Å²) in [5, 5.41) is 0. The summed E-state index contributed by atoms with van der Waals surface area (Å²) < 4.78 is 38.3. The lowest BCUT2D eigenvalue weighted by molar-refractivity contribution is 0.583. The average Bonchev–Trinajstić information content (AvgIpc) is 2.20. The molecule has 1 atom stereocenters. The first-order chi connectivity index (χ1) is 7.83. The molecule has 96 valence electrons.